The molecule has 1 aromatic carbocycles. The van der Waals surface area contributed by atoms with Crippen LogP contribution in [-0.2, 0) is 4.79 Å². The van der Waals surface area contributed by atoms with Crippen LogP contribution in [0.5, 0.6) is 5.88 Å². The summed E-state index contributed by atoms with van der Waals surface area (Å²) in [6, 6.07) is 9.98. The molecule has 0 radical (unpaired) electrons. The minimum Gasteiger partial charge on any atom is -0.481 e. The van der Waals surface area contributed by atoms with Crippen molar-refractivity contribution in [1.82, 2.24) is 10.3 Å². The van der Waals surface area contributed by atoms with Gasteiger partial charge < -0.3 is 15.4 Å². The second-order valence-electron chi connectivity index (χ2n) is 6.09. The van der Waals surface area contributed by atoms with E-state index in [2.05, 4.69) is 15.6 Å². The molecule has 2 amide bonds. The van der Waals surface area contributed by atoms with Gasteiger partial charge in [-0.1, -0.05) is 32.0 Å². The molecule has 25 heavy (non-hydrogen) atoms. The number of pyridine rings is 1. The Morgan fingerprint density at radius 1 is 1.12 bits per heavy atom. The monoisotopic (exact) mass is 341 g/mol. The SMILES string of the molecule is COc1ccc(NC(=O)[C@@H](NC(=O)c2ccccc2C)C(C)C)cn1. The number of aryl methyl sites for hydroxylation is 1. The molecule has 2 rings (SSSR count). The van der Waals surface area contributed by atoms with Crippen molar-refractivity contribution in [3.05, 3.63) is 53.7 Å². The number of methoxy groups -OCH3 is 1. The molecule has 0 bridgehead atoms. The third-order valence-electron chi connectivity index (χ3n) is 3.84. The summed E-state index contributed by atoms with van der Waals surface area (Å²) in [5.74, 6) is -0.158. The molecule has 0 aliphatic rings. The van der Waals surface area contributed by atoms with Crippen molar-refractivity contribution >= 4 is 17.5 Å². The van der Waals surface area contributed by atoms with Crippen molar-refractivity contribution in [3.8, 4) is 5.88 Å². The molecule has 132 valence electrons. The highest BCUT2D eigenvalue weighted by Gasteiger charge is 2.25. The molecule has 0 fully saturated rings. The lowest BCUT2D eigenvalue weighted by Crippen LogP contribution is -2.47. The van der Waals surface area contributed by atoms with Gasteiger partial charge >= 0.3 is 0 Å². The van der Waals surface area contributed by atoms with Crippen LogP contribution in [0.2, 0.25) is 0 Å². The van der Waals surface area contributed by atoms with Gasteiger partial charge in [-0.2, -0.15) is 0 Å². The summed E-state index contributed by atoms with van der Waals surface area (Å²) in [7, 11) is 1.52. The average molecular weight is 341 g/mol. The summed E-state index contributed by atoms with van der Waals surface area (Å²) in [5, 5.41) is 5.59. The van der Waals surface area contributed by atoms with Crippen molar-refractivity contribution in [3.63, 3.8) is 0 Å². The van der Waals surface area contributed by atoms with E-state index in [0.29, 0.717) is 17.1 Å². The lowest BCUT2D eigenvalue weighted by atomic mass is 10.0. The number of anilines is 1. The standard InChI is InChI=1S/C19H23N3O3/c1-12(2)17(22-18(23)15-8-6-5-7-13(15)3)19(24)21-14-9-10-16(25-4)20-11-14/h5-12,17H,1-4H3,(H,21,24)(H,22,23)/t17-/m0/s1. The predicted molar refractivity (Wildman–Crippen MR) is 96.7 cm³/mol. The Kier molecular flexibility index (Phi) is 6.11. The maximum atomic E-state index is 12.6. The van der Waals surface area contributed by atoms with Crippen LogP contribution in [0.15, 0.2) is 42.6 Å². The number of benzene rings is 1. The largest absolute Gasteiger partial charge is 0.481 e. The molecule has 2 N–H and O–H groups in total. The summed E-state index contributed by atoms with van der Waals surface area (Å²) in [6.45, 7) is 5.63. The van der Waals surface area contributed by atoms with E-state index >= 15 is 0 Å². The number of ether oxygens (including phenoxy) is 1. The maximum Gasteiger partial charge on any atom is 0.252 e. The zero-order chi connectivity index (χ0) is 18.4. The number of aromatic nitrogens is 1. The smallest absolute Gasteiger partial charge is 0.252 e. The summed E-state index contributed by atoms with van der Waals surface area (Å²) in [6.07, 6.45) is 1.51. The number of rotatable bonds is 6. The summed E-state index contributed by atoms with van der Waals surface area (Å²) in [4.78, 5) is 29.1. The second-order valence-corrected chi connectivity index (χ2v) is 6.09. The second kappa shape index (κ2) is 8.28. The molecule has 2 aromatic rings. The molecule has 0 saturated heterocycles. The minimum atomic E-state index is -0.658. The van der Waals surface area contributed by atoms with E-state index in [1.807, 2.05) is 32.9 Å². The zero-order valence-corrected chi connectivity index (χ0v) is 14.9. The first-order valence-electron chi connectivity index (χ1n) is 8.09. The molecule has 0 spiro atoms. The third-order valence-corrected chi connectivity index (χ3v) is 3.84. The Morgan fingerprint density at radius 2 is 1.84 bits per heavy atom. The lowest BCUT2D eigenvalue weighted by molar-refractivity contribution is -0.118. The molecular weight excluding hydrogens is 318 g/mol. The van der Waals surface area contributed by atoms with Gasteiger partial charge in [-0.25, -0.2) is 4.98 Å². The van der Waals surface area contributed by atoms with E-state index in [4.69, 9.17) is 4.74 Å². The topological polar surface area (TPSA) is 80.3 Å². The van der Waals surface area contributed by atoms with Gasteiger partial charge in [0.1, 0.15) is 6.04 Å². The lowest BCUT2D eigenvalue weighted by Gasteiger charge is -2.22. The highest BCUT2D eigenvalue weighted by Crippen LogP contribution is 2.14. The first kappa shape index (κ1) is 18.4. The molecule has 0 unspecified atom stereocenters. The van der Waals surface area contributed by atoms with Gasteiger partial charge in [-0.15, -0.1) is 0 Å². The minimum absolute atomic E-state index is 0.0702. The van der Waals surface area contributed by atoms with Crippen molar-refractivity contribution in [1.29, 1.82) is 0 Å². The number of amides is 2. The molecule has 0 saturated carbocycles. The fourth-order valence-corrected chi connectivity index (χ4v) is 2.38. The summed E-state index contributed by atoms with van der Waals surface area (Å²) >= 11 is 0. The molecule has 0 aliphatic heterocycles. The maximum absolute atomic E-state index is 12.6. The molecule has 6 heteroatoms. The molecule has 0 aliphatic carbocycles. The number of nitrogens with zero attached hydrogens (tertiary/aromatic N) is 1. The number of carbonyl (C=O) groups is 2. The van der Waals surface area contributed by atoms with E-state index in [-0.39, 0.29) is 17.7 Å². The molecule has 6 nitrogen and oxygen atoms in total. The number of hydrogen-bond acceptors (Lipinski definition) is 4. The quantitative estimate of drug-likeness (QED) is 0.847. The highest BCUT2D eigenvalue weighted by atomic mass is 16.5. The van der Waals surface area contributed by atoms with Crippen LogP contribution in [0.3, 0.4) is 0 Å². The molecule has 1 heterocycles. The number of hydrogen-bond donors (Lipinski definition) is 2. The van der Waals surface area contributed by atoms with Gasteiger partial charge in [-0.05, 0) is 30.5 Å². The fourth-order valence-electron chi connectivity index (χ4n) is 2.38. The van der Waals surface area contributed by atoms with E-state index < -0.39 is 6.04 Å². The normalized spacial score (nSPS) is 11.7. The summed E-state index contributed by atoms with van der Waals surface area (Å²) < 4.78 is 4.99. The van der Waals surface area contributed by atoms with E-state index in [9.17, 15) is 9.59 Å². The number of carbonyl (C=O) groups excluding carboxylic acids is 2. The Balaban J connectivity index is 2.10. The van der Waals surface area contributed by atoms with Crippen LogP contribution < -0.4 is 15.4 Å². The fraction of sp³-hybridized carbons (Fsp3) is 0.316. The van der Waals surface area contributed by atoms with Crippen LogP contribution in [0.1, 0.15) is 29.8 Å². The Hall–Kier alpha value is -2.89. The van der Waals surface area contributed by atoms with Gasteiger partial charge in [0, 0.05) is 11.6 Å². The van der Waals surface area contributed by atoms with Crippen LogP contribution in [0, 0.1) is 12.8 Å². The Morgan fingerprint density at radius 3 is 2.40 bits per heavy atom. The zero-order valence-electron chi connectivity index (χ0n) is 14.9. The molecular formula is C19H23N3O3. The third kappa shape index (κ3) is 4.79. The van der Waals surface area contributed by atoms with Crippen molar-refractivity contribution < 1.29 is 14.3 Å². The highest BCUT2D eigenvalue weighted by molar-refractivity contribution is 6.01. The Labute approximate surface area is 147 Å². The van der Waals surface area contributed by atoms with Gasteiger partial charge in [-0.3, -0.25) is 9.59 Å². The first-order chi connectivity index (χ1) is 11.9. The summed E-state index contributed by atoms with van der Waals surface area (Å²) in [5.41, 5.74) is 1.97. The van der Waals surface area contributed by atoms with Crippen LogP contribution in [-0.4, -0.2) is 29.9 Å². The van der Waals surface area contributed by atoms with Gasteiger partial charge in [0.25, 0.3) is 5.91 Å². The number of nitrogens with one attached hydrogen (secondary N) is 2. The first-order valence-corrected chi connectivity index (χ1v) is 8.09. The van der Waals surface area contributed by atoms with Crippen LogP contribution >= 0.6 is 0 Å². The van der Waals surface area contributed by atoms with Crippen LogP contribution in [0.25, 0.3) is 0 Å². The van der Waals surface area contributed by atoms with Gasteiger partial charge in [0.05, 0.1) is 19.0 Å². The van der Waals surface area contributed by atoms with Gasteiger partial charge in [0.15, 0.2) is 0 Å². The van der Waals surface area contributed by atoms with Crippen molar-refractivity contribution in [2.75, 3.05) is 12.4 Å². The van der Waals surface area contributed by atoms with Crippen molar-refractivity contribution in [2.24, 2.45) is 5.92 Å². The van der Waals surface area contributed by atoms with E-state index in [1.54, 1.807) is 24.3 Å². The van der Waals surface area contributed by atoms with Crippen molar-refractivity contribution in [2.45, 2.75) is 26.8 Å². The van der Waals surface area contributed by atoms with E-state index in [1.165, 1.54) is 13.3 Å². The van der Waals surface area contributed by atoms with Gasteiger partial charge in [0.2, 0.25) is 11.8 Å². The van der Waals surface area contributed by atoms with E-state index in [0.717, 1.165) is 5.56 Å². The molecule has 1 atom stereocenters. The predicted octanol–water partition coefficient (Wildman–Crippen LogP) is 2.79. The average Bonchev–Trinajstić information content (AvgIpc) is 2.60. The van der Waals surface area contributed by atoms with Crippen LogP contribution in [0.4, 0.5) is 5.69 Å². The molecule has 1 aromatic heterocycles. The Bertz CT molecular complexity index is 742.